The zero-order valence-electron chi connectivity index (χ0n) is 9.59. The lowest BCUT2D eigenvalue weighted by atomic mass is 10.1. The van der Waals surface area contributed by atoms with Crippen molar-refractivity contribution in [3.05, 3.63) is 48.3 Å². The molecule has 0 bridgehead atoms. The van der Waals surface area contributed by atoms with Gasteiger partial charge in [0.2, 0.25) is 0 Å². The van der Waals surface area contributed by atoms with Crippen LogP contribution in [0.3, 0.4) is 0 Å². The minimum atomic E-state index is 0.506. The van der Waals surface area contributed by atoms with E-state index in [-0.39, 0.29) is 0 Å². The van der Waals surface area contributed by atoms with Crippen molar-refractivity contribution in [1.29, 1.82) is 0 Å². The fourth-order valence-electron chi connectivity index (χ4n) is 1.75. The third-order valence-corrected chi connectivity index (χ3v) is 2.50. The Morgan fingerprint density at radius 2 is 2.35 bits per heavy atom. The molecule has 3 heteroatoms. The summed E-state index contributed by atoms with van der Waals surface area (Å²) in [5.74, 6) is 2.98. The SMILES string of the molecule is C#C/C=C\C(=C/C)c1c(N)nc2ccccn12. The van der Waals surface area contributed by atoms with E-state index in [1.54, 1.807) is 6.08 Å². The van der Waals surface area contributed by atoms with Crippen molar-refractivity contribution in [3.8, 4) is 12.3 Å². The number of rotatable bonds is 2. The molecule has 0 aromatic carbocycles. The van der Waals surface area contributed by atoms with E-state index >= 15 is 0 Å². The van der Waals surface area contributed by atoms with Gasteiger partial charge in [0, 0.05) is 6.20 Å². The van der Waals surface area contributed by atoms with Crippen LogP contribution in [0, 0.1) is 12.3 Å². The van der Waals surface area contributed by atoms with Gasteiger partial charge < -0.3 is 5.73 Å². The Hall–Kier alpha value is -2.47. The van der Waals surface area contributed by atoms with Crippen molar-refractivity contribution in [2.45, 2.75) is 6.92 Å². The maximum absolute atomic E-state index is 5.94. The van der Waals surface area contributed by atoms with Gasteiger partial charge in [-0.05, 0) is 36.8 Å². The van der Waals surface area contributed by atoms with Crippen LogP contribution in [0.1, 0.15) is 12.6 Å². The number of hydrogen-bond acceptors (Lipinski definition) is 2. The number of fused-ring (bicyclic) bond motifs is 1. The lowest BCUT2D eigenvalue weighted by molar-refractivity contribution is 1.16. The van der Waals surface area contributed by atoms with Crippen LogP contribution >= 0.6 is 0 Å². The highest BCUT2D eigenvalue weighted by Gasteiger charge is 2.10. The number of imidazole rings is 1. The molecule has 2 aromatic rings. The Bertz CT molecular complexity index is 639. The number of nitrogens with zero attached hydrogens (tertiary/aromatic N) is 2. The van der Waals surface area contributed by atoms with Gasteiger partial charge in [0.05, 0.1) is 5.69 Å². The zero-order valence-corrected chi connectivity index (χ0v) is 9.59. The summed E-state index contributed by atoms with van der Waals surface area (Å²) in [6.07, 6.45) is 12.6. The Morgan fingerprint density at radius 3 is 3.06 bits per heavy atom. The maximum Gasteiger partial charge on any atom is 0.150 e. The number of anilines is 1. The first-order valence-corrected chi connectivity index (χ1v) is 5.30. The van der Waals surface area contributed by atoms with Crippen LogP contribution in [-0.2, 0) is 0 Å². The molecule has 2 N–H and O–H groups in total. The minimum absolute atomic E-state index is 0.506. The van der Waals surface area contributed by atoms with Crippen molar-refractivity contribution >= 4 is 17.0 Å². The van der Waals surface area contributed by atoms with Gasteiger partial charge in [0.25, 0.3) is 0 Å². The summed E-state index contributed by atoms with van der Waals surface area (Å²) in [4.78, 5) is 4.30. The number of nitrogens with two attached hydrogens (primary N) is 1. The lowest BCUT2D eigenvalue weighted by Gasteiger charge is -2.02. The Kier molecular flexibility index (Phi) is 2.97. The molecular weight excluding hydrogens is 210 g/mol. The lowest BCUT2D eigenvalue weighted by Crippen LogP contribution is -1.94. The highest BCUT2D eigenvalue weighted by atomic mass is 15.1. The van der Waals surface area contributed by atoms with Crippen LogP contribution in [0.2, 0.25) is 0 Å². The molecule has 0 aliphatic heterocycles. The molecule has 84 valence electrons. The predicted octanol–water partition coefficient (Wildman–Crippen LogP) is 2.51. The van der Waals surface area contributed by atoms with Crippen molar-refractivity contribution in [2.75, 3.05) is 5.73 Å². The molecule has 0 aliphatic carbocycles. The minimum Gasteiger partial charge on any atom is -0.382 e. The summed E-state index contributed by atoms with van der Waals surface area (Å²) >= 11 is 0. The van der Waals surface area contributed by atoms with E-state index < -0.39 is 0 Å². The molecule has 2 heterocycles. The molecule has 0 saturated heterocycles. The predicted molar refractivity (Wildman–Crippen MR) is 71.2 cm³/mol. The number of pyridine rings is 1. The standard InChI is InChI=1S/C14H13N3/c1-3-5-8-11(4-2)13-14(15)16-12-9-6-7-10-17(12)13/h1,4-10H,15H2,2H3/b8-5-,11-4+. The van der Waals surface area contributed by atoms with Crippen molar-refractivity contribution < 1.29 is 0 Å². The van der Waals surface area contributed by atoms with E-state index in [2.05, 4.69) is 10.9 Å². The molecule has 0 atom stereocenters. The normalized spacial score (nSPS) is 12.1. The third-order valence-electron chi connectivity index (χ3n) is 2.50. The van der Waals surface area contributed by atoms with E-state index in [9.17, 15) is 0 Å². The van der Waals surface area contributed by atoms with Gasteiger partial charge in [0.15, 0.2) is 5.82 Å². The van der Waals surface area contributed by atoms with Crippen LogP contribution in [-0.4, -0.2) is 9.38 Å². The molecule has 0 radical (unpaired) electrons. The molecule has 17 heavy (non-hydrogen) atoms. The summed E-state index contributed by atoms with van der Waals surface area (Å²) in [7, 11) is 0. The molecule has 0 spiro atoms. The molecule has 0 amide bonds. The molecule has 0 saturated carbocycles. The third kappa shape index (κ3) is 1.93. The fourth-order valence-corrected chi connectivity index (χ4v) is 1.75. The van der Waals surface area contributed by atoms with E-state index in [0.717, 1.165) is 16.9 Å². The van der Waals surface area contributed by atoms with E-state index in [4.69, 9.17) is 12.2 Å². The second kappa shape index (κ2) is 4.58. The molecule has 0 aliphatic rings. The number of terminal acetylenes is 1. The Balaban J connectivity index is 2.66. The van der Waals surface area contributed by atoms with Gasteiger partial charge in [-0.15, -0.1) is 6.42 Å². The molecule has 0 unspecified atom stereocenters. The van der Waals surface area contributed by atoms with Gasteiger partial charge in [-0.3, -0.25) is 4.40 Å². The number of hydrogen-bond donors (Lipinski definition) is 1. The van der Waals surface area contributed by atoms with E-state index in [0.29, 0.717) is 5.82 Å². The first-order chi connectivity index (χ1) is 8.27. The van der Waals surface area contributed by atoms with E-state index in [1.165, 1.54) is 0 Å². The van der Waals surface area contributed by atoms with Crippen LogP contribution in [0.15, 0.2) is 42.6 Å². The van der Waals surface area contributed by atoms with Gasteiger partial charge in [-0.1, -0.05) is 18.1 Å². The maximum atomic E-state index is 5.94. The van der Waals surface area contributed by atoms with Crippen molar-refractivity contribution in [1.82, 2.24) is 9.38 Å². The molecular formula is C14H13N3. The Morgan fingerprint density at radius 1 is 1.53 bits per heavy atom. The number of nitrogen functional groups attached to an aromatic ring is 1. The molecule has 2 aromatic heterocycles. The van der Waals surface area contributed by atoms with Crippen molar-refractivity contribution in [3.63, 3.8) is 0 Å². The molecule has 2 rings (SSSR count). The summed E-state index contributed by atoms with van der Waals surface area (Å²) < 4.78 is 1.95. The highest BCUT2D eigenvalue weighted by Crippen LogP contribution is 2.23. The van der Waals surface area contributed by atoms with Gasteiger partial charge in [-0.25, -0.2) is 4.98 Å². The molecule has 3 nitrogen and oxygen atoms in total. The van der Waals surface area contributed by atoms with Crippen LogP contribution < -0.4 is 5.73 Å². The average molecular weight is 223 g/mol. The average Bonchev–Trinajstić information content (AvgIpc) is 2.67. The summed E-state index contributed by atoms with van der Waals surface area (Å²) in [5.41, 5.74) is 8.60. The highest BCUT2D eigenvalue weighted by molar-refractivity contribution is 5.80. The van der Waals surface area contributed by atoms with Crippen molar-refractivity contribution in [2.24, 2.45) is 0 Å². The number of allylic oxidation sites excluding steroid dienone is 4. The number of aromatic nitrogens is 2. The topological polar surface area (TPSA) is 43.3 Å². The monoisotopic (exact) mass is 223 g/mol. The van der Waals surface area contributed by atoms with Crippen LogP contribution in [0.4, 0.5) is 5.82 Å². The summed E-state index contributed by atoms with van der Waals surface area (Å²) in [6.45, 7) is 1.94. The largest absolute Gasteiger partial charge is 0.382 e. The Labute approximate surface area is 100 Å². The molecule has 0 fully saturated rings. The second-order valence-electron chi connectivity index (χ2n) is 3.52. The van der Waals surface area contributed by atoms with Gasteiger partial charge in [-0.2, -0.15) is 0 Å². The quantitative estimate of drug-likeness (QED) is 0.628. The smallest absolute Gasteiger partial charge is 0.150 e. The summed E-state index contributed by atoms with van der Waals surface area (Å²) in [6, 6.07) is 5.78. The summed E-state index contributed by atoms with van der Waals surface area (Å²) in [5, 5.41) is 0. The van der Waals surface area contributed by atoms with Gasteiger partial charge >= 0.3 is 0 Å². The van der Waals surface area contributed by atoms with Crippen LogP contribution in [0.5, 0.6) is 0 Å². The second-order valence-corrected chi connectivity index (χ2v) is 3.52. The zero-order chi connectivity index (χ0) is 12.3. The van der Waals surface area contributed by atoms with Crippen LogP contribution in [0.25, 0.3) is 11.2 Å². The fraction of sp³-hybridized carbons (Fsp3) is 0.0714. The first-order valence-electron chi connectivity index (χ1n) is 5.30. The first kappa shape index (κ1) is 11.0. The van der Waals surface area contributed by atoms with Gasteiger partial charge in [0.1, 0.15) is 5.65 Å². The van der Waals surface area contributed by atoms with E-state index in [1.807, 2.05) is 47.9 Å².